The Morgan fingerprint density at radius 1 is 1.14 bits per heavy atom. The topological polar surface area (TPSA) is 126 Å². The number of hydrogen-bond acceptors (Lipinski definition) is 8. The highest BCUT2D eigenvalue weighted by molar-refractivity contribution is 5.94. The molecule has 3 aromatic rings. The summed E-state index contributed by atoms with van der Waals surface area (Å²) in [7, 11) is 1.30. The maximum absolute atomic E-state index is 12.7. The summed E-state index contributed by atoms with van der Waals surface area (Å²) in [5.74, 6) is -2.22. The fourth-order valence-corrected chi connectivity index (χ4v) is 2.72. The maximum atomic E-state index is 12.7. The van der Waals surface area contributed by atoms with E-state index < -0.39 is 22.9 Å². The van der Waals surface area contributed by atoms with E-state index >= 15 is 0 Å². The van der Waals surface area contributed by atoms with Gasteiger partial charge in [-0.15, -0.1) is 0 Å². The van der Waals surface area contributed by atoms with Gasteiger partial charge in [0.05, 0.1) is 7.11 Å². The fraction of sp³-hybridized carbons (Fsp3) is 0.200. The molecule has 0 radical (unpaired) electrons. The number of benzene rings is 2. The van der Waals surface area contributed by atoms with E-state index in [0.29, 0.717) is 12.0 Å². The van der Waals surface area contributed by atoms with Crippen molar-refractivity contribution in [1.82, 2.24) is 0 Å². The van der Waals surface area contributed by atoms with Gasteiger partial charge in [0, 0.05) is 18.1 Å². The number of carbonyl (C=O) groups is 1. The first-order chi connectivity index (χ1) is 13.4. The molecule has 0 amide bonds. The summed E-state index contributed by atoms with van der Waals surface area (Å²) >= 11 is 0. The molecule has 146 valence electrons. The number of carbonyl (C=O) groups excluding carboxylic acids is 1. The smallest absolute Gasteiger partial charge is 0.311 e. The number of methoxy groups -OCH3 is 1. The second-order valence-electron chi connectivity index (χ2n) is 6.01. The van der Waals surface area contributed by atoms with Gasteiger partial charge < -0.3 is 29.2 Å². The van der Waals surface area contributed by atoms with Crippen LogP contribution in [0, 0.1) is 0 Å². The van der Waals surface area contributed by atoms with Gasteiger partial charge in [-0.1, -0.05) is 6.92 Å². The molecule has 1 heterocycles. The van der Waals surface area contributed by atoms with E-state index in [4.69, 9.17) is 13.9 Å². The third kappa shape index (κ3) is 3.32. The van der Waals surface area contributed by atoms with E-state index in [1.54, 1.807) is 6.92 Å². The highest BCUT2D eigenvalue weighted by Crippen LogP contribution is 2.43. The van der Waals surface area contributed by atoms with Crippen LogP contribution in [-0.4, -0.2) is 28.4 Å². The molecule has 0 spiro atoms. The summed E-state index contributed by atoms with van der Waals surface area (Å²) in [5, 5.41) is 29.6. The summed E-state index contributed by atoms with van der Waals surface area (Å²) in [6.07, 6.45) is 0.666. The summed E-state index contributed by atoms with van der Waals surface area (Å²) in [4.78, 5) is 24.7. The lowest BCUT2D eigenvalue weighted by molar-refractivity contribution is -0.134. The highest BCUT2D eigenvalue weighted by atomic mass is 16.6. The summed E-state index contributed by atoms with van der Waals surface area (Å²) in [5.41, 5.74) is -0.855. The van der Waals surface area contributed by atoms with Crippen LogP contribution >= 0.6 is 0 Å². The molecule has 0 saturated heterocycles. The Morgan fingerprint density at radius 3 is 2.43 bits per heavy atom. The van der Waals surface area contributed by atoms with Gasteiger partial charge in [-0.3, -0.25) is 9.59 Å². The molecule has 3 N–H and O–H groups in total. The van der Waals surface area contributed by atoms with Crippen LogP contribution in [0.2, 0.25) is 0 Å². The molecule has 1 aromatic heterocycles. The number of phenols is 2. The van der Waals surface area contributed by atoms with Gasteiger partial charge in [0.25, 0.3) is 0 Å². The predicted octanol–water partition coefficient (Wildman–Crippen LogP) is 3.29. The molecule has 0 aliphatic rings. The Bertz CT molecular complexity index is 1100. The minimum absolute atomic E-state index is 0.0139. The van der Waals surface area contributed by atoms with Gasteiger partial charge >= 0.3 is 5.97 Å². The molecule has 0 fully saturated rings. The molecule has 3 rings (SSSR count). The third-order valence-electron chi connectivity index (χ3n) is 4.06. The SMILES string of the molecule is CCCC(=O)Oc1c(OC)cc(O)c2c(=O)c(O)c(-c3ccc(O)cc3)oc12. The zero-order valence-corrected chi connectivity index (χ0v) is 15.2. The second kappa shape index (κ2) is 7.51. The quantitative estimate of drug-likeness (QED) is 0.450. The summed E-state index contributed by atoms with van der Waals surface area (Å²) < 4.78 is 16.2. The average Bonchev–Trinajstić information content (AvgIpc) is 2.67. The van der Waals surface area contributed by atoms with Gasteiger partial charge in [-0.2, -0.15) is 0 Å². The normalized spacial score (nSPS) is 10.8. The first kappa shape index (κ1) is 19.1. The van der Waals surface area contributed by atoms with Gasteiger partial charge in [0.2, 0.25) is 16.9 Å². The molecule has 0 saturated carbocycles. The summed E-state index contributed by atoms with van der Waals surface area (Å²) in [6, 6.07) is 6.67. The molecular weight excluding hydrogens is 368 g/mol. The molecular formula is C20H18O8. The first-order valence-electron chi connectivity index (χ1n) is 8.47. The van der Waals surface area contributed by atoms with Crippen LogP contribution in [0.3, 0.4) is 0 Å². The number of esters is 1. The van der Waals surface area contributed by atoms with Gasteiger partial charge in [-0.25, -0.2) is 0 Å². The van der Waals surface area contributed by atoms with Crippen LogP contribution in [0.15, 0.2) is 39.5 Å². The zero-order chi connectivity index (χ0) is 20.4. The van der Waals surface area contributed by atoms with Gasteiger partial charge in [-0.05, 0) is 30.7 Å². The number of ether oxygens (including phenoxy) is 2. The molecule has 0 aliphatic carbocycles. The van der Waals surface area contributed by atoms with Crippen molar-refractivity contribution >= 4 is 16.9 Å². The standard InChI is InChI=1S/C20H18O8/c1-3-4-14(23)27-19-13(26-2)9-12(22)15-16(24)17(25)18(28-20(15)19)10-5-7-11(21)8-6-10/h5-9,21-22,25H,3-4H2,1-2H3. The first-order valence-corrected chi connectivity index (χ1v) is 8.47. The summed E-state index contributed by atoms with van der Waals surface area (Å²) in [6.45, 7) is 1.80. The number of fused-ring (bicyclic) bond motifs is 1. The van der Waals surface area contributed by atoms with E-state index in [9.17, 15) is 24.9 Å². The monoisotopic (exact) mass is 386 g/mol. The maximum Gasteiger partial charge on any atom is 0.311 e. The molecule has 0 unspecified atom stereocenters. The van der Waals surface area contributed by atoms with E-state index in [-0.39, 0.29) is 40.4 Å². The van der Waals surface area contributed by atoms with Crippen LogP contribution < -0.4 is 14.9 Å². The van der Waals surface area contributed by atoms with E-state index in [1.165, 1.54) is 31.4 Å². The number of rotatable bonds is 5. The van der Waals surface area contributed by atoms with Crippen LogP contribution in [0.25, 0.3) is 22.3 Å². The third-order valence-corrected chi connectivity index (χ3v) is 4.06. The molecule has 8 nitrogen and oxygen atoms in total. The molecule has 0 atom stereocenters. The Labute approximate surface area is 159 Å². The largest absolute Gasteiger partial charge is 0.508 e. The number of hydrogen-bond donors (Lipinski definition) is 3. The number of aromatic hydroxyl groups is 3. The van der Waals surface area contributed by atoms with Crippen molar-refractivity contribution in [3.8, 4) is 40.1 Å². The Morgan fingerprint density at radius 2 is 1.82 bits per heavy atom. The van der Waals surface area contributed by atoms with Crippen molar-refractivity contribution in [3.05, 3.63) is 40.6 Å². The van der Waals surface area contributed by atoms with Gasteiger partial charge in [0.1, 0.15) is 16.9 Å². The van der Waals surface area contributed by atoms with Crippen LogP contribution in [0.5, 0.6) is 28.7 Å². The molecule has 0 bridgehead atoms. The van der Waals surface area contributed by atoms with Crippen molar-refractivity contribution in [2.24, 2.45) is 0 Å². The minimum Gasteiger partial charge on any atom is -0.508 e. The Balaban J connectivity index is 2.34. The van der Waals surface area contributed by atoms with Crippen molar-refractivity contribution < 1.29 is 34.0 Å². The Kier molecular flexibility index (Phi) is 5.12. The van der Waals surface area contributed by atoms with Gasteiger partial charge in [0.15, 0.2) is 17.1 Å². The average molecular weight is 386 g/mol. The second-order valence-corrected chi connectivity index (χ2v) is 6.01. The van der Waals surface area contributed by atoms with Crippen molar-refractivity contribution in [1.29, 1.82) is 0 Å². The predicted molar refractivity (Wildman–Crippen MR) is 100 cm³/mol. The lowest BCUT2D eigenvalue weighted by atomic mass is 10.1. The van der Waals surface area contributed by atoms with Crippen LogP contribution in [-0.2, 0) is 4.79 Å². The lowest BCUT2D eigenvalue weighted by Gasteiger charge is -2.14. The van der Waals surface area contributed by atoms with Crippen molar-refractivity contribution in [2.75, 3.05) is 7.11 Å². The van der Waals surface area contributed by atoms with Crippen LogP contribution in [0.4, 0.5) is 0 Å². The Hall–Kier alpha value is -3.68. The molecule has 2 aromatic carbocycles. The number of phenolic OH excluding ortho intramolecular Hbond substituents is 2. The minimum atomic E-state index is -0.905. The highest BCUT2D eigenvalue weighted by Gasteiger charge is 2.25. The molecule has 0 aliphatic heterocycles. The fourth-order valence-electron chi connectivity index (χ4n) is 2.72. The van der Waals surface area contributed by atoms with E-state index in [1.807, 2.05) is 0 Å². The van der Waals surface area contributed by atoms with Crippen molar-refractivity contribution in [3.63, 3.8) is 0 Å². The van der Waals surface area contributed by atoms with Crippen molar-refractivity contribution in [2.45, 2.75) is 19.8 Å². The zero-order valence-electron chi connectivity index (χ0n) is 15.2. The van der Waals surface area contributed by atoms with E-state index in [0.717, 1.165) is 6.07 Å². The van der Waals surface area contributed by atoms with Crippen LogP contribution in [0.1, 0.15) is 19.8 Å². The molecule has 8 heteroatoms. The van der Waals surface area contributed by atoms with E-state index in [2.05, 4.69) is 0 Å². The molecule has 28 heavy (non-hydrogen) atoms. The lowest BCUT2D eigenvalue weighted by Crippen LogP contribution is -2.10.